The first-order valence-electron chi connectivity index (χ1n) is 6.22. The van der Waals surface area contributed by atoms with E-state index in [0.29, 0.717) is 22.4 Å². The number of nitrogens with two attached hydrogens (primary N) is 1. The minimum atomic E-state index is -0.447. The Labute approximate surface area is 119 Å². The molecular weight excluding hydrogens is 272 g/mol. The van der Waals surface area contributed by atoms with E-state index in [0.717, 1.165) is 0 Å². The van der Waals surface area contributed by atoms with Gasteiger partial charge in [0.15, 0.2) is 0 Å². The number of hydrogen-bond donors (Lipinski definition) is 2. The molecule has 0 atom stereocenters. The zero-order valence-corrected chi connectivity index (χ0v) is 10.9. The molecule has 0 aliphatic carbocycles. The van der Waals surface area contributed by atoms with E-state index in [1.54, 1.807) is 12.1 Å². The Balaban J connectivity index is 2.02. The summed E-state index contributed by atoms with van der Waals surface area (Å²) >= 11 is 0. The lowest BCUT2D eigenvalue weighted by atomic mass is 10.2. The standard InChI is InChI=1S/C14H12N4O3/c15-17-14(20)9-5-10(21-8-9)7-18-12-4-2-1-3-11(12)16-6-13(18)19/h1-6,8H,7,15H2,(H,17,20). The van der Waals surface area contributed by atoms with Gasteiger partial charge in [0.1, 0.15) is 12.0 Å². The molecule has 0 saturated heterocycles. The maximum Gasteiger partial charge on any atom is 0.269 e. The Morgan fingerprint density at radius 1 is 1.38 bits per heavy atom. The lowest BCUT2D eigenvalue weighted by Crippen LogP contribution is -2.29. The molecule has 0 fully saturated rings. The molecule has 0 aliphatic rings. The van der Waals surface area contributed by atoms with Crippen LogP contribution in [0.1, 0.15) is 16.1 Å². The van der Waals surface area contributed by atoms with Crippen LogP contribution in [0.4, 0.5) is 0 Å². The summed E-state index contributed by atoms with van der Waals surface area (Å²) in [5.74, 6) is 5.09. The summed E-state index contributed by atoms with van der Waals surface area (Å²) in [6.07, 6.45) is 2.56. The van der Waals surface area contributed by atoms with Gasteiger partial charge in [-0.2, -0.15) is 0 Å². The van der Waals surface area contributed by atoms with Gasteiger partial charge in [-0.3, -0.25) is 19.6 Å². The van der Waals surface area contributed by atoms with Crippen molar-refractivity contribution in [2.24, 2.45) is 5.84 Å². The van der Waals surface area contributed by atoms with Gasteiger partial charge in [0.25, 0.3) is 11.5 Å². The molecule has 0 bridgehead atoms. The van der Waals surface area contributed by atoms with Gasteiger partial charge in [0, 0.05) is 0 Å². The smallest absolute Gasteiger partial charge is 0.269 e. The highest BCUT2D eigenvalue weighted by Gasteiger charge is 2.11. The molecule has 3 aromatic rings. The van der Waals surface area contributed by atoms with Crippen LogP contribution in [-0.2, 0) is 6.54 Å². The fourth-order valence-corrected chi connectivity index (χ4v) is 2.10. The summed E-state index contributed by atoms with van der Waals surface area (Å²) in [6.45, 7) is 0.208. The molecule has 106 valence electrons. The molecule has 0 saturated carbocycles. The van der Waals surface area contributed by atoms with Gasteiger partial charge in [0.05, 0.1) is 29.3 Å². The zero-order chi connectivity index (χ0) is 14.8. The van der Waals surface area contributed by atoms with Crippen LogP contribution in [0.15, 0.2) is 52.0 Å². The number of carbonyl (C=O) groups is 1. The highest BCUT2D eigenvalue weighted by Crippen LogP contribution is 2.13. The number of para-hydroxylation sites is 2. The molecule has 1 aromatic carbocycles. The SMILES string of the molecule is NNC(=O)c1coc(Cn2c(=O)cnc3ccccc32)c1. The van der Waals surface area contributed by atoms with Crippen LogP contribution >= 0.6 is 0 Å². The fraction of sp³-hybridized carbons (Fsp3) is 0.0714. The van der Waals surface area contributed by atoms with Crippen molar-refractivity contribution in [2.75, 3.05) is 0 Å². The summed E-state index contributed by atoms with van der Waals surface area (Å²) in [5.41, 5.74) is 3.50. The Morgan fingerprint density at radius 3 is 3.00 bits per heavy atom. The summed E-state index contributed by atoms with van der Waals surface area (Å²) in [4.78, 5) is 27.5. The summed E-state index contributed by atoms with van der Waals surface area (Å²) in [5, 5.41) is 0. The van der Waals surface area contributed by atoms with Crippen LogP contribution in [0, 0.1) is 0 Å². The number of amides is 1. The van der Waals surface area contributed by atoms with Crippen molar-refractivity contribution < 1.29 is 9.21 Å². The Morgan fingerprint density at radius 2 is 2.19 bits per heavy atom. The first-order valence-corrected chi connectivity index (χ1v) is 6.22. The third-order valence-corrected chi connectivity index (χ3v) is 3.11. The van der Waals surface area contributed by atoms with Gasteiger partial charge in [-0.05, 0) is 18.2 Å². The molecule has 21 heavy (non-hydrogen) atoms. The van der Waals surface area contributed by atoms with Crippen molar-refractivity contribution in [2.45, 2.75) is 6.54 Å². The van der Waals surface area contributed by atoms with Gasteiger partial charge < -0.3 is 4.42 Å². The average Bonchev–Trinajstić information content (AvgIpc) is 2.98. The highest BCUT2D eigenvalue weighted by atomic mass is 16.3. The van der Waals surface area contributed by atoms with Crippen molar-refractivity contribution in [1.29, 1.82) is 0 Å². The van der Waals surface area contributed by atoms with E-state index >= 15 is 0 Å². The molecular formula is C14H12N4O3. The summed E-state index contributed by atoms with van der Waals surface area (Å²) < 4.78 is 6.83. The van der Waals surface area contributed by atoms with E-state index in [1.807, 2.05) is 23.6 Å². The normalized spacial score (nSPS) is 10.7. The summed E-state index contributed by atoms with van der Waals surface area (Å²) in [6, 6.07) is 8.85. The Hall–Kier alpha value is -2.93. The number of furan rings is 1. The lowest BCUT2D eigenvalue weighted by Gasteiger charge is -2.07. The second kappa shape index (κ2) is 5.22. The van der Waals surface area contributed by atoms with E-state index in [-0.39, 0.29) is 12.1 Å². The van der Waals surface area contributed by atoms with Crippen LogP contribution in [0.3, 0.4) is 0 Å². The molecule has 1 amide bonds. The van der Waals surface area contributed by atoms with Gasteiger partial charge in [0.2, 0.25) is 0 Å². The van der Waals surface area contributed by atoms with Crippen molar-refractivity contribution in [3.05, 3.63) is 64.5 Å². The minimum Gasteiger partial charge on any atom is -0.467 e. The number of hydrazine groups is 1. The number of carbonyl (C=O) groups excluding carboxylic acids is 1. The third-order valence-electron chi connectivity index (χ3n) is 3.11. The number of hydrogen-bond acceptors (Lipinski definition) is 5. The first kappa shape index (κ1) is 13.1. The number of nitrogens with one attached hydrogen (secondary N) is 1. The zero-order valence-electron chi connectivity index (χ0n) is 10.9. The molecule has 3 rings (SSSR count). The van der Waals surface area contributed by atoms with Crippen molar-refractivity contribution in [3.63, 3.8) is 0 Å². The molecule has 2 heterocycles. The van der Waals surface area contributed by atoms with E-state index < -0.39 is 5.91 Å². The predicted octanol–water partition coefficient (Wildman–Crippen LogP) is 0.641. The van der Waals surface area contributed by atoms with Crippen molar-refractivity contribution >= 4 is 16.9 Å². The average molecular weight is 284 g/mol. The Kier molecular flexibility index (Phi) is 3.25. The van der Waals surface area contributed by atoms with Gasteiger partial charge in [-0.25, -0.2) is 10.8 Å². The molecule has 0 unspecified atom stereocenters. The lowest BCUT2D eigenvalue weighted by molar-refractivity contribution is 0.0953. The maximum absolute atomic E-state index is 12.0. The largest absolute Gasteiger partial charge is 0.467 e. The molecule has 0 aliphatic heterocycles. The third kappa shape index (κ3) is 2.41. The quantitative estimate of drug-likeness (QED) is 0.417. The van der Waals surface area contributed by atoms with Crippen LogP contribution in [0.25, 0.3) is 11.0 Å². The number of nitrogens with zero attached hydrogens (tertiary/aromatic N) is 2. The molecule has 0 radical (unpaired) electrons. The Bertz CT molecular complexity index is 866. The van der Waals surface area contributed by atoms with E-state index in [4.69, 9.17) is 10.3 Å². The monoisotopic (exact) mass is 284 g/mol. The van der Waals surface area contributed by atoms with Crippen molar-refractivity contribution in [1.82, 2.24) is 15.0 Å². The second-order valence-corrected chi connectivity index (χ2v) is 4.45. The van der Waals surface area contributed by atoms with Crippen LogP contribution < -0.4 is 16.8 Å². The van der Waals surface area contributed by atoms with Gasteiger partial charge in [-0.15, -0.1) is 0 Å². The fourth-order valence-electron chi connectivity index (χ4n) is 2.10. The highest BCUT2D eigenvalue weighted by molar-refractivity contribution is 5.93. The maximum atomic E-state index is 12.0. The number of nitrogen functional groups attached to an aromatic ring is 1. The van der Waals surface area contributed by atoms with Crippen LogP contribution in [0.2, 0.25) is 0 Å². The number of rotatable bonds is 3. The topological polar surface area (TPSA) is 103 Å². The molecule has 3 N–H and O–H groups in total. The van der Waals surface area contributed by atoms with Crippen LogP contribution in [0.5, 0.6) is 0 Å². The second-order valence-electron chi connectivity index (χ2n) is 4.45. The van der Waals surface area contributed by atoms with Gasteiger partial charge in [-0.1, -0.05) is 12.1 Å². The minimum absolute atomic E-state index is 0.208. The predicted molar refractivity (Wildman–Crippen MR) is 75.5 cm³/mol. The summed E-state index contributed by atoms with van der Waals surface area (Å²) in [7, 11) is 0. The number of fused-ring (bicyclic) bond motifs is 1. The number of aromatic nitrogens is 2. The first-order chi connectivity index (χ1) is 10.2. The molecule has 2 aromatic heterocycles. The molecule has 7 nitrogen and oxygen atoms in total. The van der Waals surface area contributed by atoms with Crippen LogP contribution in [-0.4, -0.2) is 15.5 Å². The number of benzene rings is 1. The van der Waals surface area contributed by atoms with E-state index in [9.17, 15) is 9.59 Å². The van der Waals surface area contributed by atoms with Crippen molar-refractivity contribution in [3.8, 4) is 0 Å². The molecule has 7 heteroatoms. The molecule has 0 spiro atoms. The van der Waals surface area contributed by atoms with E-state index in [2.05, 4.69) is 4.98 Å². The van der Waals surface area contributed by atoms with Gasteiger partial charge >= 0.3 is 0 Å². The van der Waals surface area contributed by atoms with E-state index in [1.165, 1.54) is 17.0 Å².